The molecule has 9 heteroatoms. The summed E-state index contributed by atoms with van der Waals surface area (Å²) < 4.78 is 0. The monoisotopic (exact) mass is 465 g/mol. The third-order valence-electron chi connectivity index (χ3n) is 4.53. The quantitative estimate of drug-likeness (QED) is 0.470. The number of carbonyl (C=O) groups is 2. The molecule has 0 fully saturated rings. The standard InChI is InChI=1S/C22H25Cl2N3O4/c1-14(21(29)25-22(2,3)4)26(13-15-9-10-17(23)18(24)11-15)20(28)12-16-7-5-6-8-19(16)27(30)31/h5-11,14H,12-13H2,1-4H3,(H,25,29)/t14-/m1/s1. The van der Waals surface area contributed by atoms with Crippen LogP contribution in [-0.2, 0) is 22.6 Å². The Labute approximate surface area is 191 Å². The fourth-order valence-electron chi connectivity index (χ4n) is 2.99. The van der Waals surface area contributed by atoms with Gasteiger partial charge in [-0.1, -0.05) is 47.5 Å². The van der Waals surface area contributed by atoms with Crippen molar-refractivity contribution >= 4 is 40.7 Å². The summed E-state index contributed by atoms with van der Waals surface area (Å²) in [6, 6.07) is 10.2. The van der Waals surface area contributed by atoms with Crippen LogP contribution in [0.2, 0.25) is 10.0 Å². The van der Waals surface area contributed by atoms with Crippen molar-refractivity contribution in [2.24, 2.45) is 0 Å². The summed E-state index contributed by atoms with van der Waals surface area (Å²) in [6.45, 7) is 7.24. The van der Waals surface area contributed by atoms with E-state index in [-0.39, 0.29) is 30.1 Å². The largest absolute Gasteiger partial charge is 0.350 e. The van der Waals surface area contributed by atoms with Crippen LogP contribution in [0.3, 0.4) is 0 Å². The molecular weight excluding hydrogens is 441 g/mol. The van der Waals surface area contributed by atoms with Crippen LogP contribution in [-0.4, -0.2) is 33.2 Å². The van der Waals surface area contributed by atoms with Crippen molar-refractivity contribution in [2.75, 3.05) is 0 Å². The maximum Gasteiger partial charge on any atom is 0.273 e. The zero-order valence-corrected chi connectivity index (χ0v) is 19.3. The average molecular weight is 466 g/mol. The van der Waals surface area contributed by atoms with Crippen LogP contribution in [0.5, 0.6) is 0 Å². The number of benzene rings is 2. The van der Waals surface area contributed by atoms with Gasteiger partial charge in [-0.25, -0.2) is 0 Å². The van der Waals surface area contributed by atoms with Crippen LogP contribution >= 0.6 is 23.2 Å². The van der Waals surface area contributed by atoms with Gasteiger partial charge >= 0.3 is 0 Å². The Morgan fingerprint density at radius 2 is 1.77 bits per heavy atom. The van der Waals surface area contributed by atoms with Gasteiger partial charge in [-0.15, -0.1) is 0 Å². The second-order valence-corrected chi connectivity index (χ2v) is 9.06. The fourth-order valence-corrected chi connectivity index (χ4v) is 3.31. The molecule has 1 atom stereocenters. The highest BCUT2D eigenvalue weighted by Gasteiger charge is 2.29. The summed E-state index contributed by atoms with van der Waals surface area (Å²) in [6.07, 6.45) is -0.217. The van der Waals surface area contributed by atoms with E-state index < -0.39 is 22.4 Å². The summed E-state index contributed by atoms with van der Waals surface area (Å²) in [5.74, 6) is -0.750. The number of amides is 2. The topological polar surface area (TPSA) is 92.6 Å². The summed E-state index contributed by atoms with van der Waals surface area (Å²) in [7, 11) is 0. The molecule has 0 bridgehead atoms. The molecule has 0 heterocycles. The SMILES string of the molecule is C[C@H](C(=O)NC(C)(C)C)N(Cc1ccc(Cl)c(Cl)c1)C(=O)Cc1ccccc1[N+](=O)[O-]. The van der Waals surface area contributed by atoms with E-state index in [9.17, 15) is 19.7 Å². The molecule has 0 unspecified atom stereocenters. The minimum atomic E-state index is -0.816. The molecule has 2 aromatic carbocycles. The van der Waals surface area contributed by atoms with E-state index >= 15 is 0 Å². The molecule has 0 aliphatic carbocycles. The first-order valence-electron chi connectivity index (χ1n) is 9.67. The van der Waals surface area contributed by atoms with Crippen molar-refractivity contribution in [3.05, 3.63) is 73.8 Å². The van der Waals surface area contributed by atoms with E-state index in [1.807, 2.05) is 20.8 Å². The van der Waals surface area contributed by atoms with Crippen molar-refractivity contribution in [3.8, 4) is 0 Å². The zero-order chi connectivity index (χ0) is 23.3. The van der Waals surface area contributed by atoms with Crippen LogP contribution < -0.4 is 5.32 Å². The lowest BCUT2D eigenvalue weighted by atomic mass is 10.1. The van der Waals surface area contributed by atoms with E-state index in [4.69, 9.17) is 23.2 Å². The Balaban J connectivity index is 2.36. The molecule has 2 rings (SSSR count). The van der Waals surface area contributed by atoms with Gasteiger partial charge in [0.05, 0.1) is 21.4 Å². The third kappa shape index (κ3) is 6.94. The third-order valence-corrected chi connectivity index (χ3v) is 5.27. The predicted octanol–water partition coefficient (Wildman–Crippen LogP) is 4.78. The molecule has 0 spiro atoms. The number of nitrogens with one attached hydrogen (secondary N) is 1. The van der Waals surface area contributed by atoms with Crippen molar-refractivity contribution in [1.82, 2.24) is 10.2 Å². The first-order valence-corrected chi connectivity index (χ1v) is 10.4. The maximum atomic E-state index is 13.2. The normalized spacial score (nSPS) is 12.2. The van der Waals surface area contributed by atoms with E-state index in [0.29, 0.717) is 15.6 Å². The van der Waals surface area contributed by atoms with Gasteiger partial charge in [-0.3, -0.25) is 19.7 Å². The van der Waals surface area contributed by atoms with E-state index in [1.54, 1.807) is 37.3 Å². The van der Waals surface area contributed by atoms with Gasteiger partial charge < -0.3 is 10.2 Å². The number of rotatable bonds is 7. The highest BCUT2D eigenvalue weighted by atomic mass is 35.5. The number of carbonyl (C=O) groups excluding carboxylic acids is 2. The minimum Gasteiger partial charge on any atom is -0.350 e. The van der Waals surface area contributed by atoms with Gasteiger partial charge in [-0.05, 0) is 45.4 Å². The number of para-hydroxylation sites is 1. The van der Waals surface area contributed by atoms with Crippen LogP contribution in [0.4, 0.5) is 5.69 Å². The Hall–Kier alpha value is -2.64. The summed E-state index contributed by atoms with van der Waals surface area (Å²) in [5, 5.41) is 14.9. The lowest BCUT2D eigenvalue weighted by Crippen LogP contribution is -2.52. The van der Waals surface area contributed by atoms with Gasteiger partial charge in [-0.2, -0.15) is 0 Å². The molecule has 1 N–H and O–H groups in total. The second-order valence-electron chi connectivity index (χ2n) is 8.25. The first kappa shape index (κ1) is 24.6. The van der Waals surface area contributed by atoms with Gasteiger partial charge in [0.15, 0.2) is 0 Å². The van der Waals surface area contributed by atoms with Crippen molar-refractivity contribution in [2.45, 2.75) is 52.2 Å². The molecule has 0 saturated carbocycles. The molecule has 7 nitrogen and oxygen atoms in total. The molecule has 0 aromatic heterocycles. The van der Waals surface area contributed by atoms with Gasteiger partial charge in [0.25, 0.3) is 5.69 Å². The maximum absolute atomic E-state index is 13.2. The lowest BCUT2D eigenvalue weighted by Gasteiger charge is -2.31. The Morgan fingerprint density at radius 3 is 2.35 bits per heavy atom. The number of halogens is 2. The predicted molar refractivity (Wildman–Crippen MR) is 121 cm³/mol. The van der Waals surface area contributed by atoms with Crippen molar-refractivity contribution in [3.63, 3.8) is 0 Å². The first-order chi connectivity index (χ1) is 14.4. The summed E-state index contributed by atoms with van der Waals surface area (Å²) in [4.78, 5) is 38.2. The van der Waals surface area contributed by atoms with Crippen LogP contribution in [0.1, 0.15) is 38.8 Å². The number of nitro groups is 1. The smallest absolute Gasteiger partial charge is 0.273 e. The molecule has 2 aromatic rings. The molecule has 166 valence electrons. The highest BCUT2D eigenvalue weighted by Crippen LogP contribution is 2.25. The molecule has 31 heavy (non-hydrogen) atoms. The average Bonchev–Trinajstić information content (AvgIpc) is 2.67. The number of nitrogens with zero attached hydrogens (tertiary/aromatic N) is 2. The molecular formula is C22H25Cl2N3O4. The van der Waals surface area contributed by atoms with Crippen molar-refractivity contribution in [1.29, 1.82) is 0 Å². The van der Waals surface area contributed by atoms with Gasteiger partial charge in [0.1, 0.15) is 6.04 Å². The van der Waals surface area contributed by atoms with Crippen LogP contribution in [0.15, 0.2) is 42.5 Å². The molecule has 0 aliphatic rings. The fraction of sp³-hybridized carbons (Fsp3) is 0.364. The van der Waals surface area contributed by atoms with E-state index in [0.717, 1.165) is 0 Å². The number of hydrogen-bond donors (Lipinski definition) is 1. The van der Waals surface area contributed by atoms with Gasteiger partial charge in [0, 0.05) is 23.7 Å². The van der Waals surface area contributed by atoms with Crippen molar-refractivity contribution < 1.29 is 14.5 Å². The Bertz CT molecular complexity index is 989. The second kappa shape index (κ2) is 10.1. The molecule has 0 aliphatic heterocycles. The Kier molecular flexibility index (Phi) is 8.03. The van der Waals surface area contributed by atoms with E-state index in [2.05, 4.69) is 5.32 Å². The lowest BCUT2D eigenvalue weighted by molar-refractivity contribution is -0.385. The summed E-state index contributed by atoms with van der Waals surface area (Å²) in [5.41, 5.74) is 0.333. The number of hydrogen-bond acceptors (Lipinski definition) is 4. The van der Waals surface area contributed by atoms with E-state index in [1.165, 1.54) is 17.0 Å². The zero-order valence-electron chi connectivity index (χ0n) is 17.8. The summed E-state index contributed by atoms with van der Waals surface area (Å²) >= 11 is 12.1. The minimum absolute atomic E-state index is 0.0923. The van der Waals surface area contributed by atoms with Crippen LogP contribution in [0.25, 0.3) is 0 Å². The molecule has 0 radical (unpaired) electrons. The van der Waals surface area contributed by atoms with Crippen LogP contribution in [0, 0.1) is 10.1 Å². The molecule has 0 saturated heterocycles. The van der Waals surface area contributed by atoms with Gasteiger partial charge in [0.2, 0.25) is 11.8 Å². The molecule has 2 amide bonds. The number of nitro benzene ring substituents is 1. The Morgan fingerprint density at radius 1 is 1.13 bits per heavy atom. The highest BCUT2D eigenvalue weighted by molar-refractivity contribution is 6.42.